The molecule has 0 aliphatic rings. The summed E-state index contributed by atoms with van der Waals surface area (Å²) in [5, 5.41) is 17.6. The number of nitrogens with one attached hydrogen (secondary N) is 1. The number of aliphatic hydroxyl groups excluding tert-OH is 1. The molecule has 0 bridgehead atoms. The summed E-state index contributed by atoms with van der Waals surface area (Å²) >= 11 is 3.05. The summed E-state index contributed by atoms with van der Waals surface area (Å²) in [6.45, 7) is 1.51. The zero-order valence-corrected chi connectivity index (χ0v) is 12.5. The van der Waals surface area contributed by atoms with Crippen LogP contribution in [0.25, 0.3) is 0 Å². The number of halogens is 1. The van der Waals surface area contributed by atoms with E-state index < -0.39 is 22.0 Å². The average molecular weight is 352 g/mol. The van der Waals surface area contributed by atoms with Crippen molar-refractivity contribution in [3.63, 3.8) is 0 Å². The minimum atomic E-state index is -3.76. The van der Waals surface area contributed by atoms with E-state index in [0.717, 1.165) is 0 Å². The molecule has 0 amide bonds. The Bertz CT molecular complexity index is 572. The first-order chi connectivity index (χ1) is 8.77. The Labute approximate surface area is 119 Å². The minimum absolute atomic E-state index is 0.00534. The highest BCUT2D eigenvalue weighted by molar-refractivity contribution is 9.10. The molecule has 0 spiro atoms. The quantitative estimate of drug-likeness (QED) is 0.714. The van der Waals surface area contributed by atoms with Gasteiger partial charge >= 0.3 is 5.97 Å². The van der Waals surface area contributed by atoms with Gasteiger partial charge in [0.15, 0.2) is 0 Å². The van der Waals surface area contributed by atoms with Gasteiger partial charge in [-0.2, -0.15) is 0 Å². The van der Waals surface area contributed by atoms with Crippen LogP contribution in [0.15, 0.2) is 27.6 Å². The standard InChI is InChI=1S/C11H14BrNO5S/c1-7(4-5-14)13-19(17,18)10-3-2-8(11(15)16)6-9(10)12/h2-3,6-7,13-14H,4-5H2,1H3,(H,15,16). The lowest BCUT2D eigenvalue weighted by Crippen LogP contribution is -2.33. The third-order valence-corrected chi connectivity index (χ3v) is 4.95. The van der Waals surface area contributed by atoms with Gasteiger partial charge in [0.25, 0.3) is 0 Å². The Morgan fingerprint density at radius 3 is 2.58 bits per heavy atom. The minimum Gasteiger partial charge on any atom is -0.478 e. The van der Waals surface area contributed by atoms with Gasteiger partial charge in [-0.1, -0.05) is 0 Å². The molecular formula is C11H14BrNO5S. The number of rotatable bonds is 6. The van der Waals surface area contributed by atoms with Crippen molar-refractivity contribution < 1.29 is 23.4 Å². The molecule has 106 valence electrons. The van der Waals surface area contributed by atoms with Crippen LogP contribution in [0.5, 0.6) is 0 Å². The summed E-state index contributed by atoms with van der Waals surface area (Å²) in [4.78, 5) is 10.7. The van der Waals surface area contributed by atoms with E-state index in [1.165, 1.54) is 18.2 Å². The molecule has 1 aromatic carbocycles. The van der Waals surface area contributed by atoms with Gasteiger partial charge in [-0.15, -0.1) is 0 Å². The molecule has 0 aromatic heterocycles. The van der Waals surface area contributed by atoms with E-state index >= 15 is 0 Å². The summed E-state index contributed by atoms with van der Waals surface area (Å²) in [7, 11) is -3.76. The first-order valence-corrected chi connectivity index (χ1v) is 7.71. The summed E-state index contributed by atoms with van der Waals surface area (Å²) in [6.07, 6.45) is 0.296. The number of benzene rings is 1. The van der Waals surface area contributed by atoms with Crippen LogP contribution in [0, 0.1) is 0 Å². The Morgan fingerprint density at radius 1 is 1.47 bits per heavy atom. The number of carboxylic acid groups (broad SMARTS) is 1. The van der Waals surface area contributed by atoms with E-state index in [9.17, 15) is 13.2 Å². The van der Waals surface area contributed by atoms with Crippen molar-refractivity contribution in [2.75, 3.05) is 6.61 Å². The first kappa shape index (κ1) is 16.1. The highest BCUT2D eigenvalue weighted by Gasteiger charge is 2.21. The first-order valence-electron chi connectivity index (χ1n) is 5.44. The summed E-state index contributed by atoms with van der Waals surface area (Å²) < 4.78 is 26.7. The van der Waals surface area contributed by atoms with Crippen LogP contribution < -0.4 is 4.72 Å². The van der Waals surface area contributed by atoms with E-state index in [0.29, 0.717) is 6.42 Å². The zero-order chi connectivity index (χ0) is 14.6. The molecule has 0 fully saturated rings. The summed E-state index contributed by atoms with van der Waals surface area (Å²) in [6, 6.07) is 3.26. The number of carbonyl (C=O) groups is 1. The Balaban J connectivity index is 3.05. The van der Waals surface area contributed by atoms with Crippen LogP contribution in [-0.4, -0.2) is 37.2 Å². The molecule has 0 saturated carbocycles. The monoisotopic (exact) mass is 351 g/mol. The van der Waals surface area contributed by atoms with Gasteiger partial charge in [0.2, 0.25) is 10.0 Å². The van der Waals surface area contributed by atoms with Crippen molar-refractivity contribution in [2.24, 2.45) is 0 Å². The van der Waals surface area contributed by atoms with Crippen LogP contribution in [0.4, 0.5) is 0 Å². The molecule has 1 rings (SSSR count). The van der Waals surface area contributed by atoms with Crippen LogP contribution in [-0.2, 0) is 10.0 Å². The molecule has 1 unspecified atom stereocenters. The average Bonchev–Trinajstić information content (AvgIpc) is 2.27. The fourth-order valence-electron chi connectivity index (χ4n) is 1.43. The number of aliphatic hydroxyl groups is 1. The topological polar surface area (TPSA) is 104 Å². The molecule has 6 nitrogen and oxygen atoms in total. The third kappa shape index (κ3) is 4.27. The van der Waals surface area contributed by atoms with Crippen molar-refractivity contribution in [3.05, 3.63) is 28.2 Å². The van der Waals surface area contributed by atoms with E-state index in [1.807, 2.05) is 0 Å². The number of carboxylic acids is 1. The maximum Gasteiger partial charge on any atom is 0.335 e. The molecular weight excluding hydrogens is 338 g/mol. The highest BCUT2D eigenvalue weighted by atomic mass is 79.9. The molecule has 0 saturated heterocycles. The van der Waals surface area contributed by atoms with Gasteiger partial charge in [-0.25, -0.2) is 17.9 Å². The predicted octanol–water partition coefficient (Wildman–Crippen LogP) is 1.20. The Morgan fingerprint density at radius 2 is 2.11 bits per heavy atom. The molecule has 1 aromatic rings. The van der Waals surface area contributed by atoms with Gasteiger partial charge in [-0.05, 0) is 47.5 Å². The Kier molecular flexibility index (Phi) is 5.48. The number of hydrogen-bond donors (Lipinski definition) is 3. The maximum atomic E-state index is 12.0. The molecule has 0 aliphatic heterocycles. The summed E-state index contributed by atoms with van der Waals surface area (Å²) in [5.41, 5.74) is -0.00534. The van der Waals surface area contributed by atoms with Crippen molar-refractivity contribution in [1.82, 2.24) is 4.72 Å². The van der Waals surface area contributed by atoms with Crippen molar-refractivity contribution >= 4 is 31.9 Å². The molecule has 8 heteroatoms. The third-order valence-electron chi connectivity index (χ3n) is 2.39. The number of aromatic carboxylic acids is 1. The molecule has 0 heterocycles. The van der Waals surface area contributed by atoms with E-state index in [4.69, 9.17) is 10.2 Å². The van der Waals surface area contributed by atoms with Gasteiger partial charge in [0, 0.05) is 17.1 Å². The van der Waals surface area contributed by atoms with Crippen LogP contribution in [0.3, 0.4) is 0 Å². The Hall–Kier alpha value is -0.960. The van der Waals surface area contributed by atoms with Gasteiger partial charge in [0.05, 0.1) is 10.5 Å². The molecule has 19 heavy (non-hydrogen) atoms. The maximum absolute atomic E-state index is 12.0. The lowest BCUT2D eigenvalue weighted by atomic mass is 10.2. The largest absolute Gasteiger partial charge is 0.478 e. The zero-order valence-electron chi connectivity index (χ0n) is 10.1. The second kappa shape index (κ2) is 6.47. The lowest BCUT2D eigenvalue weighted by molar-refractivity contribution is 0.0696. The van der Waals surface area contributed by atoms with Crippen LogP contribution >= 0.6 is 15.9 Å². The molecule has 3 N–H and O–H groups in total. The molecule has 0 radical (unpaired) electrons. The van der Waals surface area contributed by atoms with Crippen LogP contribution in [0.2, 0.25) is 0 Å². The van der Waals surface area contributed by atoms with E-state index in [1.54, 1.807) is 6.92 Å². The normalized spacial score (nSPS) is 13.2. The number of hydrogen-bond acceptors (Lipinski definition) is 4. The van der Waals surface area contributed by atoms with Crippen molar-refractivity contribution in [2.45, 2.75) is 24.3 Å². The number of sulfonamides is 1. The van der Waals surface area contributed by atoms with Crippen molar-refractivity contribution in [1.29, 1.82) is 0 Å². The lowest BCUT2D eigenvalue weighted by Gasteiger charge is -2.14. The van der Waals surface area contributed by atoms with E-state index in [-0.39, 0.29) is 21.5 Å². The SMILES string of the molecule is CC(CCO)NS(=O)(=O)c1ccc(C(=O)O)cc1Br. The van der Waals surface area contributed by atoms with Gasteiger partial charge < -0.3 is 10.2 Å². The van der Waals surface area contributed by atoms with Crippen molar-refractivity contribution in [3.8, 4) is 0 Å². The predicted molar refractivity (Wildman–Crippen MR) is 72.6 cm³/mol. The second-order valence-electron chi connectivity index (χ2n) is 3.98. The second-order valence-corrected chi connectivity index (χ2v) is 6.52. The van der Waals surface area contributed by atoms with E-state index in [2.05, 4.69) is 20.7 Å². The summed E-state index contributed by atoms with van der Waals surface area (Å²) in [5.74, 6) is -1.13. The van der Waals surface area contributed by atoms with Gasteiger partial charge in [-0.3, -0.25) is 0 Å². The fourth-order valence-corrected chi connectivity index (χ4v) is 3.79. The highest BCUT2D eigenvalue weighted by Crippen LogP contribution is 2.23. The van der Waals surface area contributed by atoms with Gasteiger partial charge in [0.1, 0.15) is 0 Å². The molecule has 0 aliphatic carbocycles. The van der Waals surface area contributed by atoms with Crippen LogP contribution in [0.1, 0.15) is 23.7 Å². The fraction of sp³-hybridized carbons (Fsp3) is 0.364. The smallest absolute Gasteiger partial charge is 0.335 e. The molecule has 1 atom stereocenters.